The van der Waals surface area contributed by atoms with Crippen LogP contribution in [0.25, 0.3) is 0 Å². The van der Waals surface area contributed by atoms with Crippen molar-refractivity contribution >= 4 is 11.9 Å². The zero-order chi connectivity index (χ0) is 16.3. The SMILES string of the molecule is Cc1cccc(C)c1OCC(=O)N1CCC(C(=O)O)C(C)C1. The first-order valence-electron chi connectivity index (χ1n) is 7.59. The number of hydrogen-bond acceptors (Lipinski definition) is 3. The quantitative estimate of drug-likeness (QED) is 0.926. The van der Waals surface area contributed by atoms with Crippen molar-refractivity contribution in [1.29, 1.82) is 0 Å². The summed E-state index contributed by atoms with van der Waals surface area (Å²) in [6.45, 7) is 6.74. The summed E-state index contributed by atoms with van der Waals surface area (Å²) in [6.07, 6.45) is 0.506. The Hall–Kier alpha value is -2.04. The predicted octanol–water partition coefficient (Wildman–Crippen LogP) is 2.25. The van der Waals surface area contributed by atoms with Crippen LogP contribution in [0.1, 0.15) is 24.5 Å². The Morgan fingerprint density at radius 1 is 1.32 bits per heavy atom. The van der Waals surface area contributed by atoms with E-state index in [1.54, 1.807) is 4.90 Å². The topological polar surface area (TPSA) is 66.8 Å². The third-order valence-corrected chi connectivity index (χ3v) is 4.32. The van der Waals surface area contributed by atoms with Crippen molar-refractivity contribution in [2.45, 2.75) is 27.2 Å². The lowest BCUT2D eigenvalue weighted by Gasteiger charge is -2.34. The van der Waals surface area contributed by atoms with Crippen LogP contribution in [-0.2, 0) is 9.59 Å². The maximum absolute atomic E-state index is 12.3. The Labute approximate surface area is 130 Å². The van der Waals surface area contributed by atoms with E-state index in [9.17, 15) is 9.59 Å². The van der Waals surface area contributed by atoms with Gasteiger partial charge in [0.15, 0.2) is 6.61 Å². The Kier molecular flexibility index (Phi) is 5.06. The maximum atomic E-state index is 12.3. The normalized spacial score (nSPS) is 21.5. The molecule has 1 amide bonds. The van der Waals surface area contributed by atoms with Gasteiger partial charge < -0.3 is 14.7 Å². The number of hydrogen-bond donors (Lipinski definition) is 1. The molecule has 1 aromatic rings. The second kappa shape index (κ2) is 6.81. The molecule has 1 aromatic carbocycles. The van der Waals surface area contributed by atoms with Gasteiger partial charge in [-0.3, -0.25) is 9.59 Å². The first-order chi connectivity index (χ1) is 10.4. The first-order valence-corrected chi connectivity index (χ1v) is 7.59. The van der Waals surface area contributed by atoms with Crippen molar-refractivity contribution in [1.82, 2.24) is 4.90 Å². The van der Waals surface area contributed by atoms with Gasteiger partial charge in [0, 0.05) is 13.1 Å². The van der Waals surface area contributed by atoms with E-state index in [1.807, 2.05) is 39.0 Å². The van der Waals surface area contributed by atoms with Crippen LogP contribution in [0, 0.1) is 25.7 Å². The van der Waals surface area contributed by atoms with E-state index in [-0.39, 0.29) is 24.3 Å². The van der Waals surface area contributed by atoms with Crippen molar-refractivity contribution in [2.24, 2.45) is 11.8 Å². The number of aliphatic carboxylic acids is 1. The smallest absolute Gasteiger partial charge is 0.306 e. The van der Waals surface area contributed by atoms with Crippen LogP contribution in [0.5, 0.6) is 5.75 Å². The van der Waals surface area contributed by atoms with Crippen molar-refractivity contribution in [3.05, 3.63) is 29.3 Å². The van der Waals surface area contributed by atoms with E-state index in [4.69, 9.17) is 9.84 Å². The molecule has 0 bridgehead atoms. The third kappa shape index (κ3) is 3.59. The van der Waals surface area contributed by atoms with Crippen LogP contribution in [0.15, 0.2) is 18.2 Å². The molecule has 5 nitrogen and oxygen atoms in total. The summed E-state index contributed by atoms with van der Waals surface area (Å²) in [5.41, 5.74) is 2.01. The number of likely N-dealkylation sites (tertiary alicyclic amines) is 1. The average molecular weight is 305 g/mol. The minimum atomic E-state index is -0.772. The Morgan fingerprint density at radius 3 is 2.50 bits per heavy atom. The van der Waals surface area contributed by atoms with Gasteiger partial charge >= 0.3 is 5.97 Å². The summed E-state index contributed by atoms with van der Waals surface area (Å²) in [7, 11) is 0. The molecule has 0 aromatic heterocycles. The van der Waals surface area contributed by atoms with E-state index >= 15 is 0 Å². The molecule has 0 saturated carbocycles. The minimum absolute atomic E-state index is 0.00382. The van der Waals surface area contributed by atoms with E-state index in [2.05, 4.69) is 0 Å². The zero-order valence-corrected chi connectivity index (χ0v) is 13.3. The highest BCUT2D eigenvalue weighted by molar-refractivity contribution is 5.78. The van der Waals surface area contributed by atoms with Crippen LogP contribution >= 0.6 is 0 Å². The van der Waals surface area contributed by atoms with Gasteiger partial charge in [-0.2, -0.15) is 0 Å². The van der Waals surface area contributed by atoms with Crippen molar-refractivity contribution < 1.29 is 19.4 Å². The highest BCUT2D eigenvalue weighted by atomic mass is 16.5. The summed E-state index contributed by atoms with van der Waals surface area (Å²) < 4.78 is 5.68. The summed E-state index contributed by atoms with van der Waals surface area (Å²) in [4.78, 5) is 25.1. The monoisotopic (exact) mass is 305 g/mol. The number of aryl methyl sites for hydroxylation is 2. The van der Waals surface area contributed by atoms with Crippen LogP contribution in [-0.4, -0.2) is 41.6 Å². The first kappa shape index (κ1) is 16.3. The van der Waals surface area contributed by atoms with Crippen molar-refractivity contribution in [3.63, 3.8) is 0 Å². The molecule has 1 aliphatic heterocycles. The van der Waals surface area contributed by atoms with Gasteiger partial charge in [-0.15, -0.1) is 0 Å². The van der Waals surface area contributed by atoms with Gasteiger partial charge in [0.1, 0.15) is 5.75 Å². The molecule has 2 atom stereocenters. The van der Waals surface area contributed by atoms with E-state index in [1.165, 1.54) is 0 Å². The number of amides is 1. The highest BCUT2D eigenvalue weighted by Crippen LogP contribution is 2.25. The Bertz CT molecular complexity index is 550. The number of carbonyl (C=O) groups excluding carboxylic acids is 1. The molecule has 22 heavy (non-hydrogen) atoms. The molecule has 1 N–H and O–H groups in total. The fourth-order valence-electron chi connectivity index (χ4n) is 2.99. The van der Waals surface area contributed by atoms with E-state index < -0.39 is 5.97 Å². The number of benzene rings is 1. The minimum Gasteiger partial charge on any atom is -0.483 e. The summed E-state index contributed by atoms with van der Waals surface area (Å²) in [6, 6.07) is 5.86. The third-order valence-electron chi connectivity index (χ3n) is 4.32. The maximum Gasteiger partial charge on any atom is 0.306 e. The van der Waals surface area contributed by atoms with Crippen LogP contribution in [0.4, 0.5) is 0 Å². The lowest BCUT2D eigenvalue weighted by Crippen LogP contribution is -2.46. The molecule has 1 saturated heterocycles. The fourth-order valence-corrected chi connectivity index (χ4v) is 2.99. The van der Waals surface area contributed by atoms with Crippen molar-refractivity contribution in [3.8, 4) is 5.75 Å². The fraction of sp³-hybridized carbons (Fsp3) is 0.529. The molecule has 0 aliphatic carbocycles. The molecular weight excluding hydrogens is 282 g/mol. The average Bonchev–Trinajstić information content (AvgIpc) is 2.46. The molecule has 0 radical (unpaired) electrons. The highest BCUT2D eigenvalue weighted by Gasteiger charge is 2.33. The molecule has 5 heteroatoms. The lowest BCUT2D eigenvalue weighted by atomic mass is 9.87. The van der Waals surface area contributed by atoms with Gasteiger partial charge in [-0.05, 0) is 37.3 Å². The van der Waals surface area contributed by atoms with Crippen LogP contribution < -0.4 is 4.74 Å². The zero-order valence-electron chi connectivity index (χ0n) is 13.3. The van der Waals surface area contributed by atoms with Crippen LogP contribution in [0.2, 0.25) is 0 Å². The molecule has 2 rings (SSSR count). The number of carbonyl (C=O) groups is 2. The number of nitrogens with zero attached hydrogens (tertiary/aromatic N) is 1. The summed E-state index contributed by atoms with van der Waals surface area (Å²) >= 11 is 0. The van der Waals surface area contributed by atoms with E-state index in [0.29, 0.717) is 19.5 Å². The number of carboxylic acids is 1. The molecule has 2 unspecified atom stereocenters. The molecule has 1 aliphatic rings. The summed E-state index contributed by atoms with van der Waals surface area (Å²) in [5.74, 6) is -0.493. The number of para-hydroxylation sites is 1. The van der Waals surface area contributed by atoms with Gasteiger partial charge in [0.2, 0.25) is 0 Å². The second-order valence-electron chi connectivity index (χ2n) is 6.06. The van der Waals surface area contributed by atoms with Gasteiger partial charge in [-0.1, -0.05) is 25.1 Å². The van der Waals surface area contributed by atoms with Gasteiger partial charge in [0.25, 0.3) is 5.91 Å². The standard InChI is InChI=1S/C17H23NO4/c1-11-5-4-6-12(2)16(11)22-10-15(19)18-8-7-14(17(20)21)13(3)9-18/h4-6,13-14H,7-10H2,1-3H3,(H,20,21). The van der Waals surface area contributed by atoms with E-state index in [0.717, 1.165) is 16.9 Å². The number of ether oxygens (including phenoxy) is 1. The largest absolute Gasteiger partial charge is 0.483 e. The number of piperidine rings is 1. The Balaban J connectivity index is 1.92. The number of carboxylic acid groups (broad SMARTS) is 1. The molecule has 0 spiro atoms. The molecule has 120 valence electrons. The summed E-state index contributed by atoms with van der Waals surface area (Å²) in [5, 5.41) is 9.12. The lowest BCUT2D eigenvalue weighted by molar-refractivity contribution is -0.148. The molecular formula is C17H23NO4. The van der Waals surface area contributed by atoms with Gasteiger partial charge in [0.05, 0.1) is 5.92 Å². The van der Waals surface area contributed by atoms with Gasteiger partial charge in [-0.25, -0.2) is 0 Å². The second-order valence-corrected chi connectivity index (χ2v) is 6.06. The Morgan fingerprint density at radius 2 is 1.95 bits per heavy atom. The number of rotatable bonds is 4. The molecule has 1 heterocycles. The van der Waals surface area contributed by atoms with Crippen molar-refractivity contribution in [2.75, 3.05) is 19.7 Å². The molecule has 1 fully saturated rings. The predicted molar refractivity (Wildman–Crippen MR) is 82.9 cm³/mol. The van der Waals surface area contributed by atoms with Crippen LogP contribution in [0.3, 0.4) is 0 Å².